The lowest BCUT2D eigenvalue weighted by molar-refractivity contribution is 0.0773. The number of hydrogen-bond acceptors (Lipinski definition) is 2. The van der Waals surface area contributed by atoms with Gasteiger partial charge in [-0.05, 0) is 55.9 Å². The second-order valence-electron chi connectivity index (χ2n) is 5.35. The molecule has 1 amide bonds. The quantitative estimate of drug-likeness (QED) is 0.787. The third-order valence-corrected chi connectivity index (χ3v) is 3.98. The lowest BCUT2D eigenvalue weighted by atomic mass is 10.2. The van der Waals surface area contributed by atoms with E-state index in [2.05, 4.69) is 10.6 Å². The van der Waals surface area contributed by atoms with Crippen LogP contribution in [-0.2, 0) is 6.54 Å². The van der Waals surface area contributed by atoms with Gasteiger partial charge >= 0.3 is 0 Å². The minimum atomic E-state index is 0.0522. The molecule has 5 heteroatoms. The monoisotopic (exact) mass is 341 g/mol. The molecule has 126 valence electrons. The van der Waals surface area contributed by atoms with Crippen LogP contribution >= 0.6 is 12.2 Å². The molecule has 0 aliphatic heterocycles. The highest BCUT2D eigenvalue weighted by atomic mass is 32.1. The zero-order valence-corrected chi connectivity index (χ0v) is 14.9. The molecule has 0 aliphatic carbocycles. The van der Waals surface area contributed by atoms with Crippen molar-refractivity contribution >= 4 is 28.9 Å². The van der Waals surface area contributed by atoms with Crippen LogP contribution in [0.4, 0.5) is 5.69 Å². The van der Waals surface area contributed by atoms with Crippen LogP contribution in [0.5, 0.6) is 0 Å². The van der Waals surface area contributed by atoms with Gasteiger partial charge in [0.05, 0.1) is 0 Å². The summed E-state index contributed by atoms with van der Waals surface area (Å²) in [5, 5.41) is 6.85. The first-order valence-electron chi connectivity index (χ1n) is 8.12. The van der Waals surface area contributed by atoms with Crippen LogP contribution in [0.2, 0.25) is 0 Å². The summed E-state index contributed by atoms with van der Waals surface area (Å²) in [4.78, 5) is 14.1. The van der Waals surface area contributed by atoms with Crippen LogP contribution in [0.15, 0.2) is 54.6 Å². The number of anilines is 1. The fraction of sp³-hybridized carbons (Fsp3) is 0.263. The summed E-state index contributed by atoms with van der Waals surface area (Å²) >= 11 is 5.30. The SMILES string of the molecule is CCN(CC)C(=O)c1ccc(NC(=S)NCc2ccccc2)cc1. The smallest absolute Gasteiger partial charge is 0.253 e. The number of carbonyl (C=O) groups excluding carboxylic acids is 1. The van der Waals surface area contributed by atoms with E-state index in [1.165, 1.54) is 5.56 Å². The maximum Gasteiger partial charge on any atom is 0.253 e. The van der Waals surface area contributed by atoms with Gasteiger partial charge in [-0.2, -0.15) is 0 Å². The molecule has 0 saturated carbocycles. The van der Waals surface area contributed by atoms with Gasteiger partial charge in [-0.15, -0.1) is 0 Å². The molecule has 0 radical (unpaired) electrons. The van der Waals surface area contributed by atoms with Crippen molar-refractivity contribution < 1.29 is 4.79 Å². The molecule has 0 aliphatic rings. The number of hydrogen-bond donors (Lipinski definition) is 2. The van der Waals surface area contributed by atoms with Gasteiger partial charge in [-0.3, -0.25) is 4.79 Å². The topological polar surface area (TPSA) is 44.4 Å². The van der Waals surface area contributed by atoms with E-state index in [-0.39, 0.29) is 5.91 Å². The van der Waals surface area contributed by atoms with E-state index >= 15 is 0 Å². The minimum absolute atomic E-state index is 0.0522. The molecule has 0 bridgehead atoms. The molecule has 2 aromatic rings. The second kappa shape index (κ2) is 9.03. The van der Waals surface area contributed by atoms with Gasteiger partial charge in [0.1, 0.15) is 0 Å². The Bertz CT molecular complexity index is 667. The van der Waals surface area contributed by atoms with Crippen LogP contribution in [0.1, 0.15) is 29.8 Å². The number of rotatable bonds is 6. The van der Waals surface area contributed by atoms with E-state index in [9.17, 15) is 4.79 Å². The third kappa shape index (κ3) is 5.06. The zero-order chi connectivity index (χ0) is 17.4. The van der Waals surface area contributed by atoms with Crippen molar-refractivity contribution in [3.8, 4) is 0 Å². The number of amides is 1. The number of carbonyl (C=O) groups is 1. The van der Waals surface area contributed by atoms with Crippen molar-refractivity contribution in [3.05, 3.63) is 65.7 Å². The van der Waals surface area contributed by atoms with Gasteiger partial charge in [-0.25, -0.2) is 0 Å². The summed E-state index contributed by atoms with van der Waals surface area (Å²) in [5.74, 6) is 0.0522. The van der Waals surface area contributed by atoms with Gasteiger partial charge in [0.2, 0.25) is 0 Å². The Morgan fingerprint density at radius 3 is 2.21 bits per heavy atom. The number of thiocarbonyl (C=S) groups is 1. The van der Waals surface area contributed by atoms with Crippen LogP contribution in [0.3, 0.4) is 0 Å². The van der Waals surface area contributed by atoms with Crippen molar-refractivity contribution in [2.45, 2.75) is 20.4 Å². The third-order valence-electron chi connectivity index (χ3n) is 3.74. The van der Waals surface area contributed by atoms with E-state index in [1.54, 1.807) is 4.90 Å². The molecule has 2 N–H and O–H groups in total. The normalized spacial score (nSPS) is 10.1. The van der Waals surface area contributed by atoms with Crippen molar-refractivity contribution in [1.29, 1.82) is 0 Å². The molecular formula is C19H23N3OS. The van der Waals surface area contributed by atoms with E-state index in [0.717, 1.165) is 5.69 Å². The van der Waals surface area contributed by atoms with Crippen LogP contribution < -0.4 is 10.6 Å². The molecule has 4 nitrogen and oxygen atoms in total. The Labute approximate surface area is 148 Å². The predicted molar refractivity (Wildman–Crippen MR) is 103 cm³/mol. The summed E-state index contributed by atoms with van der Waals surface area (Å²) in [6, 6.07) is 17.5. The molecule has 0 fully saturated rings. The molecule has 0 aromatic heterocycles. The van der Waals surface area contributed by atoms with Crippen LogP contribution in [0.25, 0.3) is 0 Å². The standard InChI is InChI=1S/C19H23N3OS/c1-3-22(4-2)18(23)16-10-12-17(13-11-16)21-19(24)20-14-15-8-6-5-7-9-15/h5-13H,3-4,14H2,1-2H3,(H2,20,21,24). The summed E-state index contributed by atoms with van der Waals surface area (Å²) in [6.07, 6.45) is 0. The Balaban J connectivity index is 1.89. The molecule has 0 unspecified atom stereocenters. The molecule has 0 saturated heterocycles. The molecule has 24 heavy (non-hydrogen) atoms. The van der Waals surface area contributed by atoms with Crippen molar-refractivity contribution in [1.82, 2.24) is 10.2 Å². The predicted octanol–water partition coefficient (Wildman–Crippen LogP) is 3.66. The molecule has 0 atom stereocenters. The zero-order valence-electron chi connectivity index (χ0n) is 14.1. The average molecular weight is 341 g/mol. The number of nitrogens with zero attached hydrogens (tertiary/aromatic N) is 1. The lowest BCUT2D eigenvalue weighted by Gasteiger charge is -2.18. The van der Waals surface area contributed by atoms with E-state index < -0.39 is 0 Å². The first-order valence-corrected chi connectivity index (χ1v) is 8.53. The van der Waals surface area contributed by atoms with E-state index in [1.807, 2.05) is 68.4 Å². The van der Waals surface area contributed by atoms with Gasteiger partial charge in [0.15, 0.2) is 5.11 Å². The average Bonchev–Trinajstić information content (AvgIpc) is 2.62. The number of benzene rings is 2. The van der Waals surface area contributed by atoms with Gasteiger partial charge < -0.3 is 15.5 Å². The van der Waals surface area contributed by atoms with Crippen molar-refractivity contribution in [2.75, 3.05) is 18.4 Å². The van der Waals surface area contributed by atoms with Gasteiger partial charge in [-0.1, -0.05) is 30.3 Å². The van der Waals surface area contributed by atoms with E-state index in [0.29, 0.717) is 30.3 Å². The van der Waals surface area contributed by atoms with Crippen LogP contribution in [-0.4, -0.2) is 29.0 Å². The highest BCUT2D eigenvalue weighted by Crippen LogP contribution is 2.12. The fourth-order valence-electron chi connectivity index (χ4n) is 2.34. The minimum Gasteiger partial charge on any atom is -0.358 e. The van der Waals surface area contributed by atoms with Gasteiger partial charge in [0.25, 0.3) is 5.91 Å². The number of nitrogens with one attached hydrogen (secondary N) is 2. The summed E-state index contributed by atoms with van der Waals surface area (Å²) in [7, 11) is 0. The lowest BCUT2D eigenvalue weighted by Crippen LogP contribution is -2.30. The highest BCUT2D eigenvalue weighted by molar-refractivity contribution is 7.80. The van der Waals surface area contributed by atoms with Crippen LogP contribution in [0, 0.1) is 0 Å². The Kier molecular flexibility index (Phi) is 6.75. The molecular weight excluding hydrogens is 318 g/mol. The summed E-state index contributed by atoms with van der Waals surface area (Å²) in [6.45, 7) is 6.05. The molecule has 2 aromatic carbocycles. The molecule has 0 spiro atoms. The second-order valence-corrected chi connectivity index (χ2v) is 5.76. The summed E-state index contributed by atoms with van der Waals surface area (Å²) < 4.78 is 0. The highest BCUT2D eigenvalue weighted by Gasteiger charge is 2.11. The van der Waals surface area contributed by atoms with E-state index in [4.69, 9.17) is 12.2 Å². The van der Waals surface area contributed by atoms with Gasteiger partial charge in [0, 0.05) is 30.9 Å². The molecule has 2 rings (SSSR count). The van der Waals surface area contributed by atoms with Crippen molar-refractivity contribution in [2.24, 2.45) is 0 Å². The Morgan fingerprint density at radius 2 is 1.62 bits per heavy atom. The first-order chi connectivity index (χ1) is 11.6. The Morgan fingerprint density at radius 1 is 1.00 bits per heavy atom. The van der Waals surface area contributed by atoms with Crippen molar-refractivity contribution in [3.63, 3.8) is 0 Å². The molecule has 0 heterocycles. The maximum atomic E-state index is 12.3. The summed E-state index contributed by atoms with van der Waals surface area (Å²) in [5.41, 5.74) is 2.71. The fourth-order valence-corrected chi connectivity index (χ4v) is 2.53. The Hall–Kier alpha value is -2.40. The largest absolute Gasteiger partial charge is 0.358 e. The maximum absolute atomic E-state index is 12.3. The first kappa shape index (κ1) is 17.9.